The van der Waals surface area contributed by atoms with Gasteiger partial charge in [0.15, 0.2) is 0 Å². The van der Waals surface area contributed by atoms with E-state index in [9.17, 15) is 0 Å². The smallest absolute Gasteiger partial charge is 0.0576 e. The van der Waals surface area contributed by atoms with Crippen LogP contribution in [0, 0.1) is 27.7 Å². The topological polar surface area (TPSA) is 35.2 Å². The van der Waals surface area contributed by atoms with Crippen LogP contribution >= 0.6 is 0 Å². The van der Waals surface area contributed by atoms with Crippen LogP contribution in [-0.2, 0) is 4.74 Å². The highest BCUT2D eigenvalue weighted by molar-refractivity contribution is 5.45. The summed E-state index contributed by atoms with van der Waals surface area (Å²) in [5.74, 6) is 0. The van der Waals surface area contributed by atoms with Gasteiger partial charge in [-0.05, 0) is 81.2 Å². The van der Waals surface area contributed by atoms with E-state index >= 15 is 0 Å². The molecule has 1 aromatic carbocycles. The molecular formula is C17H27NO. The number of aryl methyl sites for hydroxylation is 2. The molecule has 1 saturated heterocycles. The van der Waals surface area contributed by atoms with E-state index in [-0.39, 0.29) is 6.04 Å². The molecule has 0 aromatic heterocycles. The van der Waals surface area contributed by atoms with Crippen LogP contribution in [0.2, 0.25) is 0 Å². The van der Waals surface area contributed by atoms with Gasteiger partial charge in [-0.1, -0.05) is 6.07 Å². The lowest BCUT2D eigenvalue weighted by atomic mass is 9.88. The first-order valence-corrected chi connectivity index (χ1v) is 7.45. The molecule has 2 heteroatoms. The molecule has 0 bridgehead atoms. The second-order valence-electron chi connectivity index (χ2n) is 5.99. The van der Waals surface area contributed by atoms with Crippen molar-refractivity contribution in [1.29, 1.82) is 0 Å². The van der Waals surface area contributed by atoms with Crippen LogP contribution in [0.5, 0.6) is 0 Å². The Morgan fingerprint density at radius 2 is 1.84 bits per heavy atom. The van der Waals surface area contributed by atoms with Crippen LogP contribution in [0.15, 0.2) is 6.07 Å². The summed E-state index contributed by atoms with van der Waals surface area (Å²) < 4.78 is 5.69. The highest BCUT2D eigenvalue weighted by atomic mass is 16.5. The monoisotopic (exact) mass is 261 g/mol. The van der Waals surface area contributed by atoms with E-state index in [0.717, 1.165) is 19.4 Å². The van der Waals surface area contributed by atoms with Crippen molar-refractivity contribution in [2.45, 2.75) is 65.5 Å². The molecule has 2 nitrogen and oxygen atoms in total. The number of benzene rings is 1. The average molecular weight is 261 g/mol. The van der Waals surface area contributed by atoms with E-state index in [1.165, 1.54) is 40.7 Å². The largest absolute Gasteiger partial charge is 0.378 e. The molecule has 2 rings (SSSR count). The third-order valence-corrected chi connectivity index (χ3v) is 4.62. The lowest BCUT2D eigenvalue weighted by molar-refractivity contribution is 0.101. The molecule has 2 unspecified atom stereocenters. The summed E-state index contributed by atoms with van der Waals surface area (Å²) in [6.07, 6.45) is 4.97. The van der Waals surface area contributed by atoms with Crippen molar-refractivity contribution in [2.75, 3.05) is 6.61 Å². The minimum Gasteiger partial charge on any atom is -0.378 e. The fourth-order valence-corrected chi connectivity index (χ4v) is 3.19. The van der Waals surface area contributed by atoms with Crippen molar-refractivity contribution in [3.8, 4) is 0 Å². The summed E-state index contributed by atoms with van der Waals surface area (Å²) in [5, 5.41) is 0. The first kappa shape index (κ1) is 14.5. The maximum atomic E-state index is 6.46. The molecule has 0 aliphatic carbocycles. The van der Waals surface area contributed by atoms with E-state index in [1.54, 1.807) is 0 Å². The van der Waals surface area contributed by atoms with Gasteiger partial charge in [0.2, 0.25) is 0 Å². The van der Waals surface area contributed by atoms with Gasteiger partial charge in [0.1, 0.15) is 0 Å². The summed E-state index contributed by atoms with van der Waals surface area (Å²) >= 11 is 0. The van der Waals surface area contributed by atoms with E-state index in [2.05, 4.69) is 33.8 Å². The normalized spacial score (nSPS) is 20.8. The minimum atomic E-state index is 0.141. The van der Waals surface area contributed by atoms with Gasteiger partial charge in [-0.25, -0.2) is 0 Å². The van der Waals surface area contributed by atoms with Gasteiger partial charge in [-0.15, -0.1) is 0 Å². The molecule has 1 aromatic rings. The molecule has 0 spiro atoms. The number of ether oxygens (including phenoxy) is 1. The highest BCUT2D eigenvalue weighted by Gasteiger charge is 2.19. The Kier molecular flexibility index (Phi) is 4.64. The summed E-state index contributed by atoms with van der Waals surface area (Å²) in [4.78, 5) is 0. The van der Waals surface area contributed by atoms with Crippen LogP contribution in [0.4, 0.5) is 0 Å². The van der Waals surface area contributed by atoms with Crippen molar-refractivity contribution < 1.29 is 4.74 Å². The third kappa shape index (κ3) is 3.18. The SMILES string of the molecule is Cc1cc(C)c(C)c(C(N)CCC2CCCO2)c1C. The molecular weight excluding hydrogens is 234 g/mol. The van der Waals surface area contributed by atoms with E-state index < -0.39 is 0 Å². The van der Waals surface area contributed by atoms with Gasteiger partial charge in [0, 0.05) is 12.6 Å². The number of nitrogens with two attached hydrogens (primary N) is 1. The standard InChI is InChI=1S/C17H27NO/c1-11-10-12(2)14(4)17(13(11)3)16(18)8-7-15-6-5-9-19-15/h10,15-16H,5-9,18H2,1-4H3. The summed E-state index contributed by atoms with van der Waals surface area (Å²) in [6.45, 7) is 9.68. The number of rotatable bonds is 4. The highest BCUT2D eigenvalue weighted by Crippen LogP contribution is 2.30. The predicted octanol–water partition coefficient (Wildman–Crippen LogP) is 3.88. The van der Waals surface area contributed by atoms with Crippen molar-refractivity contribution in [3.05, 3.63) is 33.9 Å². The fourth-order valence-electron chi connectivity index (χ4n) is 3.19. The Morgan fingerprint density at radius 1 is 1.21 bits per heavy atom. The Hall–Kier alpha value is -0.860. The van der Waals surface area contributed by atoms with Crippen LogP contribution in [-0.4, -0.2) is 12.7 Å². The maximum Gasteiger partial charge on any atom is 0.0576 e. The quantitative estimate of drug-likeness (QED) is 0.892. The summed E-state index contributed by atoms with van der Waals surface area (Å²) in [7, 11) is 0. The van der Waals surface area contributed by atoms with E-state index in [1.807, 2.05) is 0 Å². The third-order valence-electron chi connectivity index (χ3n) is 4.62. The predicted molar refractivity (Wildman–Crippen MR) is 80.5 cm³/mol. The molecule has 1 aliphatic rings. The van der Waals surface area contributed by atoms with E-state index in [4.69, 9.17) is 10.5 Å². The molecule has 2 N–H and O–H groups in total. The van der Waals surface area contributed by atoms with Crippen LogP contribution in [0.1, 0.15) is 59.5 Å². The molecule has 0 saturated carbocycles. The molecule has 0 amide bonds. The zero-order valence-corrected chi connectivity index (χ0v) is 12.8. The fraction of sp³-hybridized carbons (Fsp3) is 0.647. The molecule has 1 aliphatic heterocycles. The Labute approximate surface area is 117 Å². The summed E-state index contributed by atoms with van der Waals surface area (Å²) in [5.41, 5.74) is 13.2. The lowest BCUT2D eigenvalue weighted by Gasteiger charge is -2.22. The molecule has 19 heavy (non-hydrogen) atoms. The molecule has 106 valence electrons. The lowest BCUT2D eigenvalue weighted by Crippen LogP contribution is -2.17. The first-order chi connectivity index (χ1) is 9.00. The van der Waals surface area contributed by atoms with Crippen molar-refractivity contribution >= 4 is 0 Å². The van der Waals surface area contributed by atoms with Gasteiger partial charge in [0.25, 0.3) is 0 Å². The number of hydrogen-bond donors (Lipinski definition) is 1. The van der Waals surface area contributed by atoms with Crippen molar-refractivity contribution in [3.63, 3.8) is 0 Å². The second kappa shape index (κ2) is 6.06. The van der Waals surface area contributed by atoms with Gasteiger partial charge in [0.05, 0.1) is 6.10 Å². The zero-order valence-electron chi connectivity index (χ0n) is 12.8. The molecule has 1 heterocycles. The second-order valence-corrected chi connectivity index (χ2v) is 5.99. The van der Waals surface area contributed by atoms with Crippen LogP contribution in [0.3, 0.4) is 0 Å². The van der Waals surface area contributed by atoms with Crippen molar-refractivity contribution in [1.82, 2.24) is 0 Å². The first-order valence-electron chi connectivity index (χ1n) is 7.45. The average Bonchev–Trinajstić information content (AvgIpc) is 2.87. The van der Waals surface area contributed by atoms with Gasteiger partial charge in [-0.3, -0.25) is 0 Å². The Balaban J connectivity index is 2.11. The Morgan fingerprint density at radius 3 is 2.37 bits per heavy atom. The Bertz CT molecular complexity index is 421. The molecule has 0 radical (unpaired) electrons. The van der Waals surface area contributed by atoms with Gasteiger partial charge < -0.3 is 10.5 Å². The zero-order chi connectivity index (χ0) is 14.0. The minimum absolute atomic E-state index is 0.141. The maximum absolute atomic E-state index is 6.46. The van der Waals surface area contributed by atoms with Crippen molar-refractivity contribution in [2.24, 2.45) is 5.73 Å². The van der Waals surface area contributed by atoms with Gasteiger partial charge in [-0.2, -0.15) is 0 Å². The molecule has 2 atom stereocenters. The molecule has 1 fully saturated rings. The number of hydrogen-bond acceptors (Lipinski definition) is 2. The van der Waals surface area contributed by atoms with Gasteiger partial charge >= 0.3 is 0 Å². The van der Waals surface area contributed by atoms with E-state index in [0.29, 0.717) is 6.10 Å². The van der Waals surface area contributed by atoms with Crippen LogP contribution < -0.4 is 5.73 Å². The van der Waals surface area contributed by atoms with Crippen LogP contribution in [0.25, 0.3) is 0 Å². The summed E-state index contributed by atoms with van der Waals surface area (Å²) in [6, 6.07) is 2.41.